The molecule has 1 saturated heterocycles. The van der Waals surface area contributed by atoms with Crippen LogP contribution in [0.15, 0.2) is 30.3 Å². The molecule has 128 valence electrons. The van der Waals surface area contributed by atoms with Crippen molar-refractivity contribution in [2.45, 2.75) is 23.7 Å². The van der Waals surface area contributed by atoms with Crippen LogP contribution >= 0.6 is 0 Å². The zero-order chi connectivity index (χ0) is 16.9. The van der Waals surface area contributed by atoms with Crippen molar-refractivity contribution in [3.8, 4) is 0 Å². The van der Waals surface area contributed by atoms with Crippen LogP contribution in [0.25, 0.3) is 0 Å². The molecule has 0 aliphatic carbocycles. The van der Waals surface area contributed by atoms with Gasteiger partial charge >= 0.3 is 0 Å². The van der Waals surface area contributed by atoms with Crippen LogP contribution in [0.3, 0.4) is 0 Å². The summed E-state index contributed by atoms with van der Waals surface area (Å²) in [6, 6.07) is 9.53. The number of amides is 1. The maximum Gasteiger partial charge on any atom is 0.241 e. The molecule has 0 saturated carbocycles. The number of ether oxygens (including phenoxy) is 1. The fourth-order valence-electron chi connectivity index (χ4n) is 2.95. The molecule has 1 aliphatic heterocycles. The van der Waals surface area contributed by atoms with E-state index in [-0.39, 0.29) is 12.6 Å². The highest BCUT2D eigenvalue weighted by Gasteiger charge is 2.48. The van der Waals surface area contributed by atoms with E-state index in [1.807, 2.05) is 30.3 Å². The quantitative estimate of drug-likeness (QED) is 0.795. The first-order chi connectivity index (χ1) is 10.9. The molecule has 0 bridgehead atoms. The molecule has 2 N–H and O–H groups in total. The Morgan fingerprint density at radius 2 is 1.91 bits per heavy atom. The molecule has 1 aromatic rings. The van der Waals surface area contributed by atoms with E-state index in [1.54, 1.807) is 7.11 Å². The lowest BCUT2D eigenvalue weighted by Gasteiger charge is -2.34. The Hall–Kier alpha value is -1.44. The zero-order valence-electron chi connectivity index (χ0n) is 13.5. The molecule has 1 aromatic carbocycles. The third-order valence-electron chi connectivity index (χ3n) is 4.44. The topological polar surface area (TPSA) is 84.5 Å². The van der Waals surface area contributed by atoms with Crippen LogP contribution in [0, 0.1) is 0 Å². The van der Waals surface area contributed by atoms with Gasteiger partial charge in [-0.05, 0) is 31.5 Å². The summed E-state index contributed by atoms with van der Waals surface area (Å²) in [6.45, 7) is 1.28. The van der Waals surface area contributed by atoms with Crippen molar-refractivity contribution in [2.24, 2.45) is 0 Å². The fraction of sp³-hybridized carbons (Fsp3) is 0.562. The molecule has 1 unspecified atom stereocenters. The van der Waals surface area contributed by atoms with E-state index in [0.717, 1.165) is 11.8 Å². The van der Waals surface area contributed by atoms with Gasteiger partial charge in [-0.2, -0.15) is 0 Å². The maximum atomic E-state index is 12.6. The summed E-state index contributed by atoms with van der Waals surface area (Å²) in [6.07, 6.45) is 1.42. The van der Waals surface area contributed by atoms with Gasteiger partial charge in [0.05, 0.1) is 6.10 Å². The van der Waals surface area contributed by atoms with Crippen LogP contribution in [0.5, 0.6) is 0 Å². The van der Waals surface area contributed by atoms with E-state index in [0.29, 0.717) is 25.9 Å². The minimum atomic E-state index is -3.50. The monoisotopic (exact) mass is 340 g/mol. The van der Waals surface area contributed by atoms with Gasteiger partial charge in [0.2, 0.25) is 5.91 Å². The number of carbonyl (C=O) groups excluding carboxylic acids is 1. The number of nitrogens with one attached hydrogen (secondary N) is 2. The average Bonchev–Trinajstić information content (AvgIpc) is 2.56. The highest BCUT2D eigenvalue weighted by atomic mass is 32.2. The van der Waals surface area contributed by atoms with E-state index in [4.69, 9.17) is 4.74 Å². The Balaban J connectivity index is 2.10. The number of sulfone groups is 1. The molecule has 1 heterocycles. The number of piperidine rings is 1. The summed E-state index contributed by atoms with van der Waals surface area (Å²) in [5, 5.41) is 5.88. The predicted octanol–water partition coefficient (Wildman–Crippen LogP) is 0.657. The summed E-state index contributed by atoms with van der Waals surface area (Å²) in [7, 11) is -1.93. The molecule has 1 atom stereocenters. The van der Waals surface area contributed by atoms with Crippen LogP contribution in [-0.2, 0) is 19.4 Å². The van der Waals surface area contributed by atoms with Crippen molar-refractivity contribution in [3.63, 3.8) is 0 Å². The SMILES string of the molecule is COC(CNC(=O)C1(S(C)(=O)=O)CCNCC1)c1ccccc1. The summed E-state index contributed by atoms with van der Waals surface area (Å²) in [4.78, 5) is 12.6. The van der Waals surface area contributed by atoms with Gasteiger partial charge in [0.1, 0.15) is 0 Å². The smallest absolute Gasteiger partial charge is 0.241 e. The van der Waals surface area contributed by atoms with Gasteiger partial charge in [-0.15, -0.1) is 0 Å². The second-order valence-electron chi connectivity index (χ2n) is 5.86. The molecule has 0 aromatic heterocycles. The third kappa shape index (κ3) is 3.91. The number of rotatable bonds is 6. The first kappa shape index (κ1) is 17.9. The third-order valence-corrected chi connectivity index (χ3v) is 6.45. The van der Waals surface area contributed by atoms with Crippen LogP contribution in [0.1, 0.15) is 24.5 Å². The van der Waals surface area contributed by atoms with Crippen LogP contribution in [0.2, 0.25) is 0 Å². The predicted molar refractivity (Wildman–Crippen MR) is 88.9 cm³/mol. The van der Waals surface area contributed by atoms with Crippen molar-refractivity contribution in [3.05, 3.63) is 35.9 Å². The Morgan fingerprint density at radius 1 is 1.30 bits per heavy atom. The maximum absolute atomic E-state index is 12.6. The van der Waals surface area contributed by atoms with E-state index < -0.39 is 20.5 Å². The Morgan fingerprint density at radius 3 is 2.43 bits per heavy atom. The molecule has 1 fully saturated rings. The van der Waals surface area contributed by atoms with Gasteiger partial charge in [0, 0.05) is 19.9 Å². The van der Waals surface area contributed by atoms with E-state index >= 15 is 0 Å². The van der Waals surface area contributed by atoms with Crippen molar-refractivity contribution in [1.29, 1.82) is 0 Å². The second-order valence-corrected chi connectivity index (χ2v) is 8.19. The minimum Gasteiger partial charge on any atom is -0.375 e. The Bertz CT molecular complexity index is 625. The minimum absolute atomic E-state index is 0.240. The van der Waals surface area contributed by atoms with Crippen molar-refractivity contribution in [2.75, 3.05) is 33.0 Å². The van der Waals surface area contributed by atoms with Gasteiger partial charge in [-0.1, -0.05) is 30.3 Å². The first-order valence-corrected chi connectivity index (χ1v) is 9.56. The lowest BCUT2D eigenvalue weighted by Crippen LogP contribution is -2.57. The summed E-state index contributed by atoms with van der Waals surface area (Å²) in [5.74, 6) is -0.431. The van der Waals surface area contributed by atoms with Crippen molar-refractivity contribution < 1.29 is 17.9 Å². The molecule has 0 spiro atoms. The molecule has 1 aliphatic rings. The van der Waals surface area contributed by atoms with E-state index in [9.17, 15) is 13.2 Å². The average molecular weight is 340 g/mol. The van der Waals surface area contributed by atoms with Gasteiger partial charge in [0.15, 0.2) is 14.6 Å². The standard InChI is InChI=1S/C16H24N2O4S/c1-22-14(13-6-4-3-5-7-13)12-18-15(19)16(23(2,20)21)8-10-17-11-9-16/h3-7,14,17H,8-12H2,1-2H3,(H,18,19). The Labute approximate surface area is 137 Å². The normalized spacial score (nSPS) is 19.0. The second kappa shape index (κ2) is 7.42. The summed E-state index contributed by atoms with van der Waals surface area (Å²) in [5.41, 5.74) is 0.939. The number of hydrogen-bond donors (Lipinski definition) is 2. The molecule has 2 rings (SSSR count). The summed E-state index contributed by atoms with van der Waals surface area (Å²) >= 11 is 0. The number of carbonyl (C=O) groups is 1. The molecule has 0 radical (unpaired) electrons. The lowest BCUT2D eigenvalue weighted by molar-refractivity contribution is -0.124. The molecule has 1 amide bonds. The lowest BCUT2D eigenvalue weighted by atomic mass is 9.95. The number of benzene rings is 1. The largest absolute Gasteiger partial charge is 0.375 e. The number of hydrogen-bond acceptors (Lipinski definition) is 5. The molecular formula is C16H24N2O4S. The first-order valence-electron chi connectivity index (χ1n) is 7.67. The van der Waals surface area contributed by atoms with Gasteiger partial charge < -0.3 is 15.4 Å². The van der Waals surface area contributed by atoms with Gasteiger partial charge in [0.25, 0.3) is 0 Å². The molecular weight excluding hydrogens is 316 g/mol. The molecule has 6 nitrogen and oxygen atoms in total. The van der Waals surface area contributed by atoms with Crippen LogP contribution < -0.4 is 10.6 Å². The van der Waals surface area contributed by atoms with Crippen LogP contribution in [-0.4, -0.2) is 52.1 Å². The van der Waals surface area contributed by atoms with E-state index in [1.165, 1.54) is 0 Å². The molecule has 7 heteroatoms. The van der Waals surface area contributed by atoms with Crippen molar-refractivity contribution >= 4 is 15.7 Å². The number of methoxy groups -OCH3 is 1. The van der Waals surface area contributed by atoms with Crippen molar-refractivity contribution in [1.82, 2.24) is 10.6 Å². The van der Waals surface area contributed by atoms with E-state index in [2.05, 4.69) is 10.6 Å². The summed E-state index contributed by atoms with van der Waals surface area (Å²) < 4.78 is 28.5. The highest BCUT2D eigenvalue weighted by molar-refractivity contribution is 7.92. The fourth-order valence-corrected chi connectivity index (χ4v) is 4.30. The molecule has 23 heavy (non-hydrogen) atoms. The van der Waals surface area contributed by atoms with Gasteiger partial charge in [-0.25, -0.2) is 8.42 Å². The Kier molecular flexibility index (Phi) is 5.78. The zero-order valence-corrected chi connectivity index (χ0v) is 14.4. The van der Waals surface area contributed by atoms with Gasteiger partial charge in [-0.3, -0.25) is 4.79 Å². The van der Waals surface area contributed by atoms with Crippen LogP contribution in [0.4, 0.5) is 0 Å². The highest BCUT2D eigenvalue weighted by Crippen LogP contribution is 2.28.